The molecule has 5 atom stereocenters. The summed E-state index contributed by atoms with van der Waals surface area (Å²) in [5.74, 6) is -1.85. The summed E-state index contributed by atoms with van der Waals surface area (Å²) in [6.07, 6.45) is 4.78. The number of hydrogen-bond donors (Lipinski definition) is 3. The van der Waals surface area contributed by atoms with Crippen LogP contribution in [0.5, 0.6) is 0 Å². The van der Waals surface area contributed by atoms with Gasteiger partial charge in [0, 0.05) is 24.7 Å². The smallest absolute Gasteiger partial charge is 0.408 e. The van der Waals surface area contributed by atoms with Crippen molar-refractivity contribution in [3.8, 4) is 0 Å². The van der Waals surface area contributed by atoms with Crippen LogP contribution in [0.15, 0.2) is 36.9 Å². The van der Waals surface area contributed by atoms with Crippen molar-refractivity contribution in [2.75, 3.05) is 18.5 Å². The molecule has 0 radical (unpaired) electrons. The Balaban J connectivity index is 1.41. The Morgan fingerprint density at radius 2 is 1.89 bits per heavy atom. The summed E-state index contributed by atoms with van der Waals surface area (Å²) in [6.45, 7) is 11.5. The quantitative estimate of drug-likeness (QED) is 0.281. The minimum atomic E-state index is -1.25. The van der Waals surface area contributed by atoms with E-state index in [1.165, 1.54) is 4.90 Å². The molecule has 3 N–H and O–H groups in total. The van der Waals surface area contributed by atoms with Gasteiger partial charge in [-0.05, 0) is 62.5 Å². The number of alkyl carbamates (subject to hydrolysis) is 1. The Hall–Kier alpha value is -4.09. The van der Waals surface area contributed by atoms with Gasteiger partial charge >= 0.3 is 18.1 Å². The van der Waals surface area contributed by atoms with Gasteiger partial charge < -0.3 is 35.2 Å². The van der Waals surface area contributed by atoms with Crippen molar-refractivity contribution in [1.29, 1.82) is 0 Å². The maximum absolute atomic E-state index is 14.4. The van der Waals surface area contributed by atoms with E-state index in [2.05, 4.69) is 22.5 Å². The second-order valence-corrected chi connectivity index (χ2v) is 13.6. The number of rotatable bonds is 9. The average Bonchev–Trinajstić information content (AvgIpc) is 3.29. The highest BCUT2D eigenvalue weighted by atomic mass is 16.6. The van der Waals surface area contributed by atoms with Gasteiger partial charge in [0.15, 0.2) is 0 Å². The molecular formula is C33H45N5O7. The van der Waals surface area contributed by atoms with Crippen molar-refractivity contribution in [3.63, 3.8) is 0 Å². The maximum Gasteiger partial charge on any atom is 0.408 e. The predicted molar refractivity (Wildman–Crippen MR) is 166 cm³/mol. The Labute approximate surface area is 264 Å². The second-order valence-electron chi connectivity index (χ2n) is 13.6. The maximum atomic E-state index is 14.4. The van der Waals surface area contributed by atoms with Crippen LogP contribution >= 0.6 is 0 Å². The molecule has 1 aromatic carbocycles. The summed E-state index contributed by atoms with van der Waals surface area (Å²) in [7, 11) is 0. The molecule has 5 rings (SSSR count). The fraction of sp³-hybridized carbons (Fsp3) is 0.606. The molecule has 1 unspecified atom stereocenters. The van der Waals surface area contributed by atoms with Gasteiger partial charge in [-0.3, -0.25) is 9.59 Å². The van der Waals surface area contributed by atoms with Gasteiger partial charge in [0.25, 0.3) is 0 Å². The monoisotopic (exact) mass is 623 g/mol. The molecule has 2 aliphatic carbocycles. The number of benzene rings is 1. The first kappa shape index (κ1) is 32.3. The third-order valence-electron chi connectivity index (χ3n) is 9.40. The van der Waals surface area contributed by atoms with Crippen LogP contribution in [0.25, 0.3) is 0 Å². The number of carbonyl (C=O) groups excluding carboxylic acids is 5. The molecule has 2 heterocycles. The lowest BCUT2D eigenvalue weighted by atomic mass is 9.85. The number of anilines is 1. The molecular weight excluding hydrogens is 578 g/mol. The Morgan fingerprint density at radius 3 is 2.53 bits per heavy atom. The molecule has 2 aliphatic heterocycles. The van der Waals surface area contributed by atoms with Crippen molar-refractivity contribution in [3.05, 3.63) is 42.5 Å². The van der Waals surface area contributed by atoms with Gasteiger partial charge in [-0.25, -0.2) is 14.4 Å². The number of para-hydroxylation sites is 1. The van der Waals surface area contributed by atoms with Crippen LogP contribution in [0.1, 0.15) is 71.8 Å². The highest BCUT2D eigenvalue weighted by molar-refractivity contribution is 5.97. The van der Waals surface area contributed by atoms with E-state index in [1.54, 1.807) is 17.9 Å². The summed E-state index contributed by atoms with van der Waals surface area (Å²) in [4.78, 5) is 70.6. The molecule has 3 fully saturated rings. The fourth-order valence-corrected chi connectivity index (χ4v) is 6.74. The number of hydrogen-bond acceptors (Lipinski definition) is 7. The molecule has 12 nitrogen and oxygen atoms in total. The molecule has 12 heteroatoms. The van der Waals surface area contributed by atoms with E-state index in [0.29, 0.717) is 13.0 Å². The highest BCUT2D eigenvalue weighted by Crippen LogP contribution is 2.46. The van der Waals surface area contributed by atoms with Crippen LogP contribution in [0.2, 0.25) is 0 Å². The van der Waals surface area contributed by atoms with Gasteiger partial charge in [0.05, 0.1) is 12.6 Å². The normalized spacial score (nSPS) is 26.8. The summed E-state index contributed by atoms with van der Waals surface area (Å²) in [6, 6.07) is 4.63. The number of carbonyl (C=O) groups is 5. The number of nitrogens with zero attached hydrogens (tertiary/aromatic N) is 2. The topological polar surface area (TPSA) is 146 Å². The molecule has 0 bridgehead atoms. The van der Waals surface area contributed by atoms with Crippen molar-refractivity contribution in [2.24, 2.45) is 11.3 Å². The second kappa shape index (κ2) is 12.7. The van der Waals surface area contributed by atoms with Crippen LogP contribution in [-0.4, -0.2) is 82.6 Å². The molecule has 244 valence electrons. The van der Waals surface area contributed by atoms with Gasteiger partial charge in [-0.2, -0.15) is 0 Å². The van der Waals surface area contributed by atoms with Crippen LogP contribution in [-0.2, 0) is 30.4 Å². The van der Waals surface area contributed by atoms with E-state index in [0.717, 1.165) is 36.9 Å². The summed E-state index contributed by atoms with van der Waals surface area (Å²) in [5, 5.41) is 8.58. The van der Waals surface area contributed by atoms with Crippen LogP contribution in [0.4, 0.5) is 15.3 Å². The first-order valence-corrected chi connectivity index (χ1v) is 15.9. The first-order chi connectivity index (χ1) is 21.4. The van der Waals surface area contributed by atoms with Gasteiger partial charge in [-0.15, -0.1) is 6.58 Å². The predicted octanol–water partition coefficient (Wildman–Crippen LogP) is 3.71. The van der Waals surface area contributed by atoms with E-state index in [1.807, 2.05) is 45.0 Å². The van der Waals surface area contributed by atoms with E-state index < -0.39 is 53.0 Å². The average molecular weight is 624 g/mol. The first-order valence-electron chi connectivity index (χ1n) is 15.9. The molecule has 45 heavy (non-hydrogen) atoms. The zero-order valence-corrected chi connectivity index (χ0v) is 26.6. The molecule has 1 saturated heterocycles. The summed E-state index contributed by atoms with van der Waals surface area (Å²) < 4.78 is 10.9. The number of esters is 1. The molecule has 0 spiro atoms. The summed E-state index contributed by atoms with van der Waals surface area (Å²) >= 11 is 0. The number of fused-ring (bicyclic) bond motifs is 1. The lowest BCUT2D eigenvalue weighted by Crippen LogP contribution is -2.59. The molecule has 1 aromatic rings. The Morgan fingerprint density at radius 1 is 1.18 bits per heavy atom. The van der Waals surface area contributed by atoms with Crippen molar-refractivity contribution < 1.29 is 33.4 Å². The van der Waals surface area contributed by atoms with Crippen LogP contribution < -0.4 is 16.0 Å². The van der Waals surface area contributed by atoms with Gasteiger partial charge in [0.1, 0.15) is 23.7 Å². The standard InChI is InChI=1S/C33H45N5O7/c1-6-21-17-33(21,29(41)44-7-2)36-27(39)25-16-22(37-18-20-12-8-11-15-24(20)34-30(37)42)19-38(25)28(40)26(32(3,4)5)35-31(43)45-23-13-9-10-14-23/h6,8,11-12,15,21-23,25-26H,1,7,9-10,13-14,16-19H2,2-5H3,(H,34,42)(H,35,43)(H,36,39)/t21?,22-,25+,26-,33-/m1/s1. The SMILES string of the molecule is C=CC1C[C@]1(NC(=O)[C@@H]1C[C@@H](N2Cc3ccccc3NC2=O)CN1C(=O)[C@@H](NC(=O)OC1CCCC1)C(C)(C)C)C(=O)OCC. The van der Waals surface area contributed by atoms with Crippen LogP contribution in [0.3, 0.4) is 0 Å². The Bertz CT molecular complexity index is 1350. The Kier molecular flexibility index (Phi) is 9.14. The van der Waals surface area contributed by atoms with E-state index in [4.69, 9.17) is 9.47 Å². The van der Waals surface area contributed by atoms with Crippen molar-refractivity contribution in [1.82, 2.24) is 20.4 Å². The zero-order valence-electron chi connectivity index (χ0n) is 26.6. The van der Waals surface area contributed by atoms with Crippen molar-refractivity contribution >= 4 is 35.6 Å². The summed E-state index contributed by atoms with van der Waals surface area (Å²) in [5.41, 5.74) is -0.351. The zero-order chi connectivity index (χ0) is 32.5. The molecule has 5 amide bonds. The third-order valence-corrected chi connectivity index (χ3v) is 9.40. The fourth-order valence-electron chi connectivity index (χ4n) is 6.74. The molecule has 2 saturated carbocycles. The lowest BCUT2D eigenvalue weighted by Gasteiger charge is -2.36. The van der Waals surface area contributed by atoms with E-state index in [9.17, 15) is 24.0 Å². The van der Waals surface area contributed by atoms with Crippen molar-refractivity contribution in [2.45, 2.75) is 103 Å². The van der Waals surface area contributed by atoms with Gasteiger partial charge in [-0.1, -0.05) is 45.0 Å². The van der Waals surface area contributed by atoms with E-state index in [-0.39, 0.29) is 37.6 Å². The number of amides is 5. The van der Waals surface area contributed by atoms with Gasteiger partial charge in [0.2, 0.25) is 11.8 Å². The largest absolute Gasteiger partial charge is 0.464 e. The number of likely N-dealkylation sites (tertiary alicyclic amines) is 1. The van der Waals surface area contributed by atoms with E-state index >= 15 is 0 Å². The lowest BCUT2D eigenvalue weighted by molar-refractivity contribution is -0.150. The minimum Gasteiger partial charge on any atom is -0.464 e. The third kappa shape index (κ3) is 6.64. The minimum absolute atomic E-state index is 0.0652. The number of nitrogens with one attached hydrogen (secondary N) is 3. The number of ether oxygens (including phenoxy) is 2. The highest BCUT2D eigenvalue weighted by Gasteiger charge is 2.62. The molecule has 4 aliphatic rings. The van der Waals surface area contributed by atoms with Crippen LogP contribution in [0, 0.1) is 11.3 Å². The number of urea groups is 1. The molecule has 0 aromatic heterocycles.